The molecule has 0 aromatic heterocycles. The van der Waals surface area contributed by atoms with Crippen molar-refractivity contribution in [2.45, 2.75) is 31.2 Å². The number of benzene rings is 2. The van der Waals surface area contributed by atoms with Gasteiger partial charge in [0.05, 0.1) is 5.92 Å². The third-order valence-electron chi connectivity index (χ3n) is 5.05. The molecule has 2 atom stereocenters. The van der Waals surface area contributed by atoms with Crippen LogP contribution >= 0.6 is 11.6 Å². The van der Waals surface area contributed by atoms with Crippen LogP contribution in [0, 0.1) is 5.92 Å². The predicted molar refractivity (Wildman–Crippen MR) is 97.9 cm³/mol. The lowest BCUT2D eigenvalue weighted by Gasteiger charge is -2.22. The van der Waals surface area contributed by atoms with Crippen LogP contribution < -0.4 is 11.1 Å². The Morgan fingerprint density at radius 2 is 1.79 bits per heavy atom. The lowest BCUT2D eigenvalue weighted by Crippen LogP contribution is -2.39. The van der Waals surface area contributed by atoms with Crippen molar-refractivity contribution >= 4 is 17.5 Å². The van der Waals surface area contributed by atoms with Crippen LogP contribution in [0.25, 0.3) is 0 Å². The molecule has 1 aliphatic carbocycles. The quantitative estimate of drug-likeness (QED) is 0.838. The van der Waals surface area contributed by atoms with Crippen molar-refractivity contribution in [3.8, 4) is 0 Å². The molecule has 0 heterocycles. The molecule has 3 N–H and O–H groups in total. The zero-order valence-electron chi connectivity index (χ0n) is 13.8. The van der Waals surface area contributed by atoms with Gasteiger partial charge in [-0.1, -0.05) is 61.0 Å². The Labute approximate surface area is 148 Å². The van der Waals surface area contributed by atoms with Gasteiger partial charge in [-0.05, 0) is 36.1 Å². The summed E-state index contributed by atoms with van der Waals surface area (Å²) in [7, 11) is 0. The Balaban J connectivity index is 1.60. The molecule has 4 heteroatoms. The Hall–Kier alpha value is -1.84. The molecule has 3 rings (SSSR count). The first kappa shape index (κ1) is 17.0. The molecule has 1 fully saturated rings. The van der Waals surface area contributed by atoms with Crippen LogP contribution in [0.1, 0.15) is 36.9 Å². The minimum absolute atomic E-state index is 0.00610. The molecule has 126 valence electrons. The Kier molecular flexibility index (Phi) is 4.93. The summed E-state index contributed by atoms with van der Waals surface area (Å²) in [5.41, 5.74) is 8.54. The smallest absolute Gasteiger partial charge is 0.224 e. The van der Waals surface area contributed by atoms with Gasteiger partial charge in [-0.2, -0.15) is 0 Å². The molecular formula is C20H23ClN2O. The van der Waals surface area contributed by atoms with Crippen molar-refractivity contribution in [2.75, 3.05) is 6.54 Å². The zero-order chi connectivity index (χ0) is 17.2. The Morgan fingerprint density at radius 3 is 2.38 bits per heavy atom. The van der Waals surface area contributed by atoms with E-state index >= 15 is 0 Å². The summed E-state index contributed by atoms with van der Waals surface area (Å²) in [6.07, 6.45) is 2.18. The van der Waals surface area contributed by atoms with Crippen LogP contribution in [0.3, 0.4) is 0 Å². The highest BCUT2D eigenvalue weighted by atomic mass is 35.5. The second-order valence-corrected chi connectivity index (χ2v) is 7.17. The maximum atomic E-state index is 12.5. The van der Waals surface area contributed by atoms with Gasteiger partial charge in [0, 0.05) is 23.0 Å². The molecule has 1 amide bonds. The zero-order valence-corrected chi connectivity index (χ0v) is 14.6. The maximum Gasteiger partial charge on any atom is 0.224 e. The molecule has 2 aromatic carbocycles. The predicted octanol–water partition coefficient (Wildman–Crippen LogP) is 3.82. The van der Waals surface area contributed by atoms with E-state index in [1.807, 2.05) is 49.4 Å². The van der Waals surface area contributed by atoms with Gasteiger partial charge in [0.2, 0.25) is 5.91 Å². The summed E-state index contributed by atoms with van der Waals surface area (Å²) in [4.78, 5) is 12.5. The molecule has 3 nitrogen and oxygen atoms in total. The van der Waals surface area contributed by atoms with Gasteiger partial charge in [-0.15, -0.1) is 0 Å². The summed E-state index contributed by atoms with van der Waals surface area (Å²) in [6.45, 7) is 2.54. The van der Waals surface area contributed by atoms with Crippen LogP contribution in [0.2, 0.25) is 5.02 Å². The lowest BCUT2D eigenvalue weighted by atomic mass is 9.93. The highest BCUT2D eigenvalue weighted by molar-refractivity contribution is 6.30. The number of carbonyl (C=O) groups excluding carboxylic acids is 1. The Bertz CT molecular complexity index is 695. The van der Waals surface area contributed by atoms with Gasteiger partial charge in [-0.25, -0.2) is 0 Å². The van der Waals surface area contributed by atoms with Gasteiger partial charge in [0.15, 0.2) is 0 Å². The minimum atomic E-state index is -0.295. The first-order valence-electron chi connectivity index (χ1n) is 8.36. The van der Waals surface area contributed by atoms with Gasteiger partial charge >= 0.3 is 0 Å². The fourth-order valence-corrected chi connectivity index (χ4v) is 3.19. The Morgan fingerprint density at radius 1 is 1.17 bits per heavy atom. The second kappa shape index (κ2) is 6.96. The number of amides is 1. The molecule has 2 unspecified atom stereocenters. The number of hydrogen-bond acceptors (Lipinski definition) is 2. The third kappa shape index (κ3) is 3.63. The number of carbonyl (C=O) groups is 1. The number of rotatable bonds is 6. The van der Waals surface area contributed by atoms with E-state index in [1.54, 1.807) is 0 Å². The minimum Gasteiger partial charge on any atom is -0.355 e. The van der Waals surface area contributed by atoms with Crippen molar-refractivity contribution in [3.63, 3.8) is 0 Å². The second-order valence-electron chi connectivity index (χ2n) is 6.73. The molecule has 0 saturated heterocycles. The molecule has 1 saturated carbocycles. The van der Waals surface area contributed by atoms with Crippen molar-refractivity contribution < 1.29 is 4.79 Å². The van der Waals surface area contributed by atoms with Crippen molar-refractivity contribution in [1.29, 1.82) is 0 Å². The monoisotopic (exact) mass is 342 g/mol. The summed E-state index contributed by atoms with van der Waals surface area (Å²) in [6, 6.07) is 17.4. The van der Waals surface area contributed by atoms with E-state index in [-0.39, 0.29) is 23.3 Å². The summed E-state index contributed by atoms with van der Waals surface area (Å²) >= 11 is 5.96. The largest absolute Gasteiger partial charge is 0.355 e. The lowest BCUT2D eigenvalue weighted by molar-refractivity contribution is -0.125. The van der Waals surface area contributed by atoms with Crippen LogP contribution in [0.5, 0.6) is 0 Å². The van der Waals surface area contributed by atoms with Gasteiger partial charge < -0.3 is 11.1 Å². The summed E-state index contributed by atoms with van der Waals surface area (Å²) in [5, 5.41) is 3.83. The molecule has 0 bridgehead atoms. The number of halogens is 1. The summed E-state index contributed by atoms with van der Waals surface area (Å²) in [5.74, 6) is -0.264. The SMILES string of the molecule is CC(C(=O)NCC1(c2ccc(Cl)cc2)CC1)C(N)c1ccccc1. The normalized spacial score (nSPS) is 17.8. The molecule has 0 aliphatic heterocycles. The highest BCUT2D eigenvalue weighted by Gasteiger charge is 2.44. The number of hydrogen-bond donors (Lipinski definition) is 2. The van der Waals surface area contributed by atoms with Crippen molar-refractivity contribution in [3.05, 3.63) is 70.7 Å². The molecular weight excluding hydrogens is 320 g/mol. The number of nitrogens with two attached hydrogens (primary N) is 1. The van der Waals surface area contributed by atoms with E-state index in [0.717, 1.165) is 23.4 Å². The van der Waals surface area contributed by atoms with Gasteiger partial charge in [0.25, 0.3) is 0 Å². The standard InChI is InChI=1S/C20H23ClN2O/c1-14(18(22)15-5-3-2-4-6-15)19(24)23-13-20(11-12-20)16-7-9-17(21)10-8-16/h2-10,14,18H,11-13,22H2,1H3,(H,23,24). The van der Waals surface area contributed by atoms with E-state index < -0.39 is 0 Å². The molecule has 0 radical (unpaired) electrons. The molecule has 24 heavy (non-hydrogen) atoms. The maximum absolute atomic E-state index is 12.5. The average molecular weight is 343 g/mol. The van der Waals surface area contributed by atoms with E-state index in [2.05, 4.69) is 17.4 Å². The van der Waals surface area contributed by atoms with E-state index in [4.69, 9.17) is 17.3 Å². The third-order valence-corrected chi connectivity index (χ3v) is 5.30. The van der Waals surface area contributed by atoms with Gasteiger partial charge in [0.1, 0.15) is 0 Å². The molecule has 2 aromatic rings. The molecule has 1 aliphatic rings. The average Bonchev–Trinajstić information content (AvgIpc) is 3.41. The highest BCUT2D eigenvalue weighted by Crippen LogP contribution is 2.47. The van der Waals surface area contributed by atoms with E-state index in [9.17, 15) is 4.79 Å². The van der Waals surface area contributed by atoms with Crippen molar-refractivity contribution in [1.82, 2.24) is 5.32 Å². The fraction of sp³-hybridized carbons (Fsp3) is 0.350. The number of nitrogens with one attached hydrogen (secondary N) is 1. The van der Waals surface area contributed by atoms with E-state index in [0.29, 0.717) is 6.54 Å². The first-order chi connectivity index (χ1) is 11.5. The van der Waals surface area contributed by atoms with Crippen LogP contribution in [-0.4, -0.2) is 12.5 Å². The topological polar surface area (TPSA) is 55.1 Å². The van der Waals surface area contributed by atoms with Gasteiger partial charge in [-0.3, -0.25) is 4.79 Å². The van der Waals surface area contributed by atoms with Crippen LogP contribution in [0.4, 0.5) is 0 Å². The summed E-state index contributed by atoms with van der Waals surface area (Å²) < 4.78 is 0. The van der Waals surface area contributed by atoms with Crippen LogP contribution in [-0.2, 0) is 10.2 Å². The fourth-order valence-electron chi connectivity index (χ4n) is 3.07. The van der Waals surface area contributed by atoms with Crippen molar-refractivity contribution in [2.24, 2.45) is 11.7 Å². The molecule has 0 spiro atoms. The van der Waals surface area contributed by atoms with E-state index in [1.165, 1.54) is 5.56 Å². The van der Waals surface area contributed by atoms with Crippen LogP contribution in [0.15, 0.2) is 54.6 Å². The first-order valence-corrected chi connectivity index (χ1v) is 8.74.